The molecule has 1 aliphatic rings. The van der Waals surface area contributed by atoms with Crippen LogP contribution < -0.4 is 5.32 Å². The fourth-order valence-electron chi connectivity index (χ4n) is 2.44. The van der Waals surface area contributed by atoms with Crippen molar-refractivity contribution in [2.75, 3.05) is 5.32 Å². The van der Waals surface area contributed by atoms with Crippen LogP contribution in [0.3, 0.4) is 0 Å². The standard InChI is InChI=1S/C16H18N4OS/c1-11-15(14-6-7-20(19-14)10-12-4-5-12)22-16(18-11)17-9-13-3-2-8-21-13/h2-3,6-8,12H,4-5,9-10H2,1H3,(H,17,18). The van der Waals surface area contributed by atoms with Gasteiger partial charge in [-0.1, -0.05) is 11.3 Å². The van der Waals surface area contributed by atoms with Crippen LogP contribution in [0.5, 0.6) is 0 Å². The first-order valence-electron chi connectivity index (χ1n) is 7.55. The molecule has 3 aromatic rings. The van der Waals surface area contributed by atoms with Gasteiger partial charge >= 0.3 is 0 Å². The molecular weight excluding hydrogens is 296 g/mol. The molecule has 0 unspecified atom stereocenters. The van der Waals surface area contributed by atoms with E-state index in [4.69, 9.17) is 4.42 Å². The normalized spacial score (nSPS) is 14.4. The number of hydrogen-bond donors (Lipinski definition) is 1. The van der Waals surface area contributed by atoms with Crippen LogP contribution >= 0.6 is 11.3 Å². The predicted molar refractivity (Wildman–Crippen MR) is 86.8 cm³/mol. The molecule has 1 aliphatic carbocycles. The Bertz CT molecular complexity index is 755. The Morgan fingerprint density at radius 3 is 3.09 bits per heavy atom. The molecule has 0 aliphatic heterocycles. The lowest BCUT2D eigenvalue weighted by atomic mass is 10.3. The van der Waals surface area contributed by atoms with E-state index in [0.29, 0.717) is 6.54 Å². The van der Waals surface area contributed by atoms with Crippen LogP contribution in [0.15, 0.2) is 35.1 Å². The highest BCUT2D eigenvalue weighted by Crippen LogP contribution is 2.33. The lowest BCUT2D eigenvalue weighted by Gasteiger charge is -1.98. The number of rotatable bonds is 6. The SMILES string of the molecule is Cc1nc(NCc2ccco2)sc1-c1ccn(CC2CC2)n1. The molecule has 1 N–H and O–H groups in total. The third-order valence-electron chi connectivity index (χ3n) is 3.81. The number of hydrogen-bond acceptors (Lipinski definition) is 5. The van der Waals surface area contributed by atoms with Crippen molar-refractivity contribution in [2.45, 2.75) is 32.9 Å². The highest BCUT2D eigenvalue weighted by atomic mass is 32.1. The first-order chi connectivity index (χ1) is 10.8. The van der Waals surface area contributed by atoms with Gasteiger partial charge in [-0.05, 0) is 43.9 Å². The lowest BCUT2D eigenvalue weighted by molar-refractivity contribution is 0.518. The molecule has 22 heavy (non-hydrogen) atoms. The predicted octanol–water partition coefficient (Wildman–Crippen LogP) is 3.93. The van der Waals surface area contributed by atoms with Crippen LogP contribution in [0.4, 0.5) is 5.13 Å². The maximum Gasteiger partial charge on any atom is 0.183 e. The van der Waals surface area contributed by atoms with Gasteiger partial charge in [0.15, 0.2) is 5.13 Å². The van der Waals surface area contributed by atoms with Gasteiger partial charge in [0.2, 0.25) is 0 Å². The van der Waals surface area contributed by atoms with E-state index in [1.807, 2.05) is 19.1 Å². The Balaban J connectivity index is 1.48. The van der Waals surface area contributed by atoms with E-state index in [-0.39, 0.29) is 0 Å². The number of nitrogens with zero attached hydrogens (tertiary/aromatic N) is 3. The molecule has 0 saturated heterocycles. The Morgan fingerprint density at radius 2 is 2.32 bits per heavy atom. The van der Waals surface area contributed by atoms with Gasteiger partial charge in [-0.3, -0.25) is 4.68 Å². The summed E-state index contributed by atoms with van der Waals surface area (Å²) in [6.07, 6.45) is 6.44. The Labute approximate surface area is 133 Å². The summed E-state index contributed by atoms with van der Waals surface area (Å²) < 4.78 is 7.38. The summed E-state index contributed by atoms with van der Waals surface area (Å²) in [6, 6.07) is 5.93. The maximum atomic E-state index is 5.32. The second-order valence-electron chi connectivity index (χ2n) is 5.73. The molecular formula is C16H18N4OS. The molecule has 3 aromatic heterocycles. The Kier molecular flexibility index (Phi) is 3.46. The second-order valence-corrected chi connectivity index (χ2v) is 6.73. The average molecular weight is 314 g/mol. The number of aromatic nitrogens is 3. The lowest BCUT2D eigenvalue weighted by Crippen LogP contribution is -1.99. The first-order valence-corrected chi connectivity index (χ1v) is 8.37. The summed E-state index contributed by atoms with van der Waals surface area (Å²) in [5.74, 6) is 1.74. The molecule has 0 aromatic carbocycles. The van der Waals surface area contributed by atoms with Crippen molar-refractivity contribution >= 4 is 16.5 Å². The van der Waals surface area contributed by atoms with Crippen molar-refractivity contribution in [2.24, 2.45) is 5.92 Å². The summed E-state index contributed by atoms with van der Waals surface area (Å²) in [6.45, 7) is 3.72. The van der Waals surface area contributed by atoms with Gasteiger partial charge < -0.3 is 9.73 Å². The molecule has 6 heteroatoms. The summed E-state index contributed by atoms with van der Waals surface area (Å²) in [5, 5.41) is 8.90. The van der Waals surface area contributed by atoms with E-state index in [0.717, 1.165) is 39.6 Å². The minimum absolute atomic E-state index is 0.648. The van der Waals surface area contributed by atoms with Crippen LogP contribution in [-0.4, -0.2) is 14.8 Å². The van der Waals surface area contributed by atoms with E-state index < -0.39 is 0 Å². The quantitative estimate of drug-likeness (QED) is 0.749. The van der Waals surface area contributed by atoms with Crippen molar-refractivity contribution < 1.29 is 4.42 Å². The smallest absolute Gasteiger partial charge is 0.183 e. The van der Waals surface area contributed by atoms with Gasteiger partial charge in [0.05, 0.1) is 23.4 Å². The molecule has 0 amide bonds. The van der Waals surface area contributed by atoms with Crippen molar-refractivity contribution in [3.8, 4) is 10.6 Å². The molecule has 0 bridgehead atoms. The van der Waals surface area contributed by atoms with Crippen LogP contribution in [0.25, 0.3) is 10.6 Å². The molecule has 4 rings (SSSR count). The second kappa shape index (κ2) is 5.61. The topological polar surface area (TPSA) is 55.9 Å². The van der Waals surface area contributed by atoms with E-state index in [1.165, 1.54) is 12.8 Å². The highest BCUT2D eigenvalue weighted by molar-refractivity contribution is 7.19. The van der Waals surface area contributed by atoms with Crippen molar-refractivity contribution in [3.63, 3.8) is 0 Å². The number of aryl methyl sites for hydroxylation is 1. The molecule has 0 atom stereocenters. The summed E-state index contributed by atoms with van der Waals surface area (Å²) in [7, 11) is 0. The maximum absolute atomic E-state index is 5.32. The van der Waals surface area contributed by atoms with Crippen LogP contribution in [0.2, 0.25) is 0 Å². The average Bonchev–Trinajstić information content (AvgIpc) is 2.94. The van der Waals surface area contributed by atoms with E-state index in [9.17, 15) is 0 Å². The number of anilines is 1. The third-order valence-corrected chi connectivity index (χ3v) is 4.94. The summed E-state index contributed by atoms with van der Waals surface area (Å²) >= 11 is 1.64. The van der Waals surface area contributed by atoms with Gasteiger partial charge in [-0.2, -0.15) is 5.10 Å². The monoisotopic (exact) mass is 314 g/mol. The fraction of sp³-hybridized carbons (Fsp3) is 0.375. The molecule has 3 heterocycles. The van der Waals surface area contributed by atoms with Gasteiger partial charge in [0.25, 0.3) is 0 Å². The molecule has 0 radical (unpaired) electrons. The zero-order valence-electron chi connectivity index (χ0n) is 12.5. The van der Waals surface area contributed by atoms with Gasteiger partial charge in [0, 0.05) is 12.7 Å². The van der Waals surface area contributed by atoms with E-state index in [1.54, 1.807) is 17.6 Å². The van der Waals surface area contributed by atoms with Crippen molar-refractivity contribution in [3.05, 3.63) is 42.1 Å². The summed E-state index contributed by atoms with van der Waals surface area (Å²) in [4.78, 5) is 5.72. The molecule has 114 valence electrons. The van der Waals surface area contributed by atoms with Gasteiger partial charge in [-0.15, -0.1) is 0 Å². The van der Waals surface area contributed by atoms with Crippen molar-refractivity contribution in [1.82, 2.24) is 14.8 Å². The Hall–Kier alpha value is -2.08. The Morgan fingerprint density at radius 1 is 1.41 bits per heavy atom. The van der Waals surface area contributed by atoms with Gasteiger partial charge in [-0.25, -0.2) is 4.98 Å². The van der Waals surface area contributed by atoms with E-state index in [2.05, 4.69) is 32.3 Å². The minimum Gasteiger partial charge on any atom is -0.467 e. The largest absolute Gasteiger partial charge is 0.467 e. The molecule has 0 spiro atoms. The fourth-order valence-corrected chi connectivity index (χ4v) is 3.36. The summed E-state index contributed by atoms with van der Waals surface area (Å²) in [5.41, 5.74) is 2.03. The van der Waals surface area contributed by atoms with E-state index >= 15 is 0 Å². The highest BCUT2D eigenvalue weighted by Gasteiger charge is 2.22. The van der Waals surface area contributed by atoms with Crippen LogP contribution in [0, 0.1) is 12.8 Å². The zero-order valence-corrected chi connectivity index (χ0v) is 13.3. The number of furan rings is 1. The third kappa shape index (κ3) is 2.92. The number of thiazole rings is 1. The van der Waals surface area contributed by atoms with Crippen LogP contribution in [0.1, 0.15) is 24.3 Å². The van der Waals surface area contributed by atoms with Crippen LogP contribution in [-0.2, 0) is 13.1 Å². The minimum atomic E-state index is 0.648. The number of nitrogens with one attached hydrogen (secondary N) is 1. The van der Waals surface area contributed by atoms with Gasteiger partial charge in [0.1, 0.15) is 11.5 Å². The molecule has 1 saturated carbocycles. The van der Waals surface area contributed by atoms with Crippen molar-refractivity contribution in [1.29, 1.82) is 0 Å². The first kappa shape index (κ1) is 13.6. The molecule has 5 nitrogen and oxygen atoms in total. The zero-order chi connectivity index (χ0) is 14.9. The molecule has 1 fully saturated rings.